The molecule has 1 fully saturated rings. The Morgan fingerprint density at radius 3 is 2.81 bits per heavy atom. The van der Waals surface area contributed by atoms with Gasteiger partial charge in [-0.25, -0.2) is 4.79 Å². The number of nitrogens with zero attached hydrogens (tertiary/aromatic N) is 1. The van der Waals surface area contributed by atoms with Gasteiger partial charge in [0.15, 0.2) is 0 Å². The van der Waals surface area contributed by atoms with Gasteiger partial charge in [0.1, 0.15) is 0 Å². The molecule has 2 rings (SSSR count). The summed E-state index contributed by atoms with van der Waals surface area (Å²) in [5.41, 5.74) is 6.56. The van der Waals surface area contributed by atoms with E-state index in [9.17, 15) is 9.90 Å². The Morgan fingerprint density at radius 2 is 2.19 bits per heavy atom. The van der Waals surface area contributed by atoms with Crippen molar-refractivity contribution in [3.8, 4) is 0 Å². The maximum atomic E-state index is 11.3. The number of halogens is 2. The second kappa shape index (κ2) is 7.31. The van der Waals surface area contributed by atoms with Crippen LogP contribution in [0.25, 0.3) is 0 Å². The van der Waals surface area contributed by atoms with E-state index in [2.05, 4.69) is 0 Å². The van der Waals surface area contributed by atoms with Crippen molar-refractivity contribution in [2.45, 2.75) is 18.4 Å². The summed E-state index contributed by atoms with van der Waals surface area (Å²) in [4.78, 5) is 12.6. The fourth-order valence-corrected chi connectivity index (χ4v) is 2.87. The van der Waals surface area contributed by atoms with E-state index in [1.807, 2.05) is 6.07 Å². The zero-order valence-corrected chi connectivity index (χ0v) is 13.0. The van der Waals surface area contributed by atoms with Gasteiger partial charge in [0.25, 0.3) is 0 Å². The van der Waals surface area contributed by atoms with Crippen molar-refractivity contribution in [1.29, 1.82) is 0 Å². The predicted octanol–water partition coefficient (Wildman–Crippen LogP) is 2.80. The van der Waals surface area contributed by atoms with Crippen LogP contribution in [0.15, 0.2) is 18.2 Å². The predicted molar refractivity (Wildman–Crippen MR) is 82.2 cm³/mol. The Labute approximate surface area is 133 Å². The third-order valence-corrected chi connectivity index (χ3v) is 4.39. The highest BCUT2D eigenvalue weighted by molar-refractivity contribution is 6.42. The Balaban J connectivity index is 2.31. The van der Waals surface area contributed by atoms with Crippen LogP contribution in [0.3, 0.4) is 0 Å². The minimum absolute atomic E-state index is 0.109. The van der Waals surface area contributed by atoms with Crippen LogP contribution in [0, 0.1) is 0 Å². The minimum Gasteiger partial charge on any atom is -0.465 e. The standard InChI is InChI=1S/C14H18Cl2N2O3/c15-11-2-1-9(7-12(11)16)10-8-18(14(19)20)5-6-21-13(10)3-4-17/h1-2,7,10,13H,3-6,8,17H2,(H,19,20)/t10-,13-/m0/s1. The third-order valence-electron chi connectivity index (χ3n) is 3.65. The lowest BCUT2D eigenvalue weighted by Gasteiger charge is -2.27. The van der Waals surface area contributed by atoms with E-state index in [1.165, 1.54) is 4.90 Å². The summed E-state index contributed by atoms with van der Waals surface area (Å²) in [5.74, 6) is -0.109. The molecule has 0 unspecified atom stereocenters. The van der Waals surface area contributed by atoms with Crippen molar-refractivity contribution in [1.82, 2.24) is 4.90 Å². The van der Waals surface area contributed by atoms with Gasteiger partial charge in [-0.1, -0.05) is 29.3 Å². The lowest BCUT2D eigenvalue weighted by Crippen LogP contribution is -2.35. The Bertz CT molecular complexity index is 513. The number of amides is 1. The normalized spacial score (nSPS) is 22.9. The molecular weight excluding hydrogens is 315 g/mol. The molecule has 0 aromatic heterocycles. The summed E-state index contributed by atoms with van der Waals surface area (Å²) in [6.45, 7) is 1.57. The van der Waals surface area contributed by atoms with E-state index < -0.39 is 6.09 Å². The summed E-state index contributed by atoms with van der Waals surface area (Å²) in [6, 6.07) is 5.35. The summed E-state index contributed by atoms with van der Waals surface area (Å²) < 4.78 is 5.80. The lowest BCUT2D eigenvalue weighted by molar-refractivity contribution is 0.0469. The van der Waals surface area contributed by atoms with Crippen molar-refractivity contribution < 1.29 is 14.6 Å². The first kappa shape index (κ1) is 16.4. The monoisotopic (exact) mass is 332 g/mol. The minimum atomic E-state index is -0.947. The Morgan fingerprint density at radius 1 is 1.43 bits per heavy atom. The molecular formula is C14H18Cl2N2O3. The summed E-state index contributed by atoms with van der Waals surface area (Å²) in [5, 5.41) is 10.2. The molecule has 5 nitrogen and oxygen atoms in total. The van der Waals surface area contributed by atoms with Crippen LogP contribution >= 0.6 is 23.2 Å². The van der Waals surface area contributed by atoms with Gasteiger partial charge >= 0.3 is 6.09 Å². The maximum absolute atomic E-state index is 11.3. The highest BCUT2D eigenvalue weighted by atomic mass is 35.5. The van der Waals surface area contributed by atoms with Gasteiger partial charge in [-0.05, 0) is 30.7 Å². The first-order valence-electron chi connectivity index (χ1n) is 6.77. The molecule has 1 aliphatic rings. The number of hydrogen-bond donors (Lipinski definition) is 2. The third kappa shape index (κ3) is 4.01. The summed E-state index contributed by atoms with van der Waals surface area (Å²) in [6.07, 6.45) is -0.410. The molecule has 1 saturated heterocycles. The largest absolute Gasteiger partial charge is 0.465 e. The van der Waals surface area contributed by atoms with Gasteiger partial charge in [-0.15, -0.1) is 0 Å². The van der Waals surface area contributed by atoms with E-state index in [1.54, 1.807) is 12.1 Å². The average Bonchev–Trinajstić information content (AvgIpc) is 2.65. The van der Waals surface area contributed by atoms with Crippen LogP contribution in [0.1, 0.15) is 17.9 Å². The molecule has 7 heteroatoms. The first-order valence-corrected chi connectivity index (χ1v) is 7.53. The Hall–Kier alpha value is -1.01. The number of carboxylic acid groups (broad SMARTS) is 1. The molecule has 116 valence electrons. The Kier molecular flexibility index (Phi) is 5.70. The molecule has 1 aromatic rings. The second-order valence-corrected chi connectivity index (χ2v) is 5.81. The summed E-state index contributed by atoms with van der Waals surface area (Å²) in [7, 11) is 0. The molecule has 1 aliphatic heterocycles. The van der Waals surface area contributed by atoms with Gasteiger partial charge in [-0.2, -0.15) is 0 Å². The molecule has 0 bridgehead atoms. The van der Waals surface area contributed by atoms with E-state index in [0.717, 1.165) is 5.56 Å². The quantitative estimate of drug-likeness (QED) is 0.892. The topological polar surface area (TPSA) is 75.8 Å². The molecule has 0 spiro atoms. The van der Waals surface area contributed by atoms with Crippen molar-refractivity contribution in [3.05, 3.63) is 33.8 Å². The molecule has 0 radical (unpaired) electrons. The molecule has 1 heterocycles. The number of benzene rings is 1. The fraction of sp³-hybridized carbons (Fsp3) is 0.500. The molecule has 1 amide bonds. The zero-order valence-electron chi connectivity index (χ0n) is 11.5. The molecule has 3 N–H and O–H groups in total. The van der Waals surface area contributed by atoms with E-state index >= 15 is 0 Å². The molecule has 2 atom stereocenters. The average molecular weight is 333 g/mol. The number of nitrogens with two attached hydrogens (primary N) is 1. The fourth-order valence-electron chi connectivity index (χ4n) is 2.56. The number of hydrogen-bond acceptors (Lipinski definition) is 3. The SMILES string of the molecule is NCC[C@@H]1OCCN(C(=O)O)C[C@H]1c1ccc(Cl)c(Cl)c1. The van der Waals surface area contributed by atoms with Crippen molar-refractivity contribution in [3.63, 3.8) is 0 Å². The molecule has 0 saturated carbocycles. The first-order chi connectivity index (χ1) is 10.0. The molecule has 1 aromatic carbocycles. The van der Waals surface area contributed by atoms with Gasteiger partial charge in [0.05, 0.1) is 22.8 Å². The summed E-state index contributed by atoms with van der Waals surface area (Å²) >= 11 is 12.0. The van der Waals surface area contributed by atoms with Gasteiger partial charge in [0, 0.05) is 19.0 Å². The van der Waals surface area contributed by atoms with Crippen LogP contribution in [0.5, 0.6) is 0 Å². The van der Waals surface area contributed by atoms with Gasteiger partial charge < -0.3 is 20.5 Å². The highest BCUT2D eigenvalue weighted by Gasteiger charge is 2.31. The number of rotatable bonds is 3. The van der Waals surface area contributed by atoms with Gasteiger partial charge in [0.2, 0.25) is 0 Å². The van der Waals surface area contributed by atoms with Gasteiger partial charge in [-0.3, -0.25) is 0 Å². The van der Waals surface area contributed by atoms with Crippen molar-refractivity contribution in [2.75, 3.05) is 26.2 Å². The number of carbonyl (C=O) groups is 1. The number of ether oxygens (including phenoxy) is 1. The highest BCUT2D eigenvalue weighted by Crippen LogP contribution is 2.32. The van der Waals surface area contributed by atoms with Crippen molar-refractivity contribution in [2.24, 2.45) is 5.73 Å². The van der Waals surface area contributed by atoms with E-state index in [-0.39, 0.29) is 12.0 Å². The van der Waals surface area contributed by atoms with Crippen LogP contribution in [-0.2, 0) is 4.74 Å². The van der Waals surface area contributed by atoms with Crippen LogP contribution in [0.4, 0.5) is 4.79 Å². The van der Waals surface area contributed by atoms with E-state index in [4.69, 9.17) is 33.7 Å². The smallest absolute Gasteiger partial charge is 0.407 e. The van der Waals surface area contributed by atoms with Crippen LogP contribution < -0.4 is 5.73 Å². The zero-order chi connectivity index (χ0) is 15.4. The molecule has 0 aliphatic carbocycles. The maximum Gasteiger partial charge on any atom is 0.407 e. The van der Waals surface area contributed by atoms with Crippen LogP contribution in [0.2, 0.25) is 10.0 Å². The second-order valence-electron chi connectivity index (χ2n) is 5.00. The van der Waals surface area contributed by atoms with Crippen molar-refractivity contribution >= 4 is 29.3 Å². The lowest BCUT2D eigenvalue weighted by atomic mass is 9.91. The van der Waals surface area contributed by atoms with Crippen LogP contribution in [-0.4, -0.2) is 48.4 Å². The molecule has 21 heavy (non-hydrogen) atoms. The van der Waals surface area contributed by atoms with E-state index in [0.29, 0.717) is 42.7 Å².